The number of hydrogen-bond acceptors (Lipinski definition) is 8. The van der Waals surface area contributed by atoms with Crippen molar-refractivity contribution in [3.63, 3.8) is 0 Å². The molecule has 0 aliphatic carbocycles. The summed E-state index contributed by atoms with van der Waals surface area (Å²) in [4.78, 5) is 0. The molecule has 2 rings (SSSR count). The van der Waals surface area contributed by atoms with Crippen molar-refractivity contribution in [3.05, 3.63) is 10.0 Å². The van der Waals surface area contributed by atoms with Crippen molar-refractivity contribution >= 4 is 32.9 Å². The second-order valence-corrected chi connectivity index (χ2v) is 7.15. The van der Waals surface area contributed by atoms with Crippen molar-refractivity contribution in [3.8, 4) is 0 Å². The molecule has 0 aromatic carbocycles. The molecule has 0 fully saturated rings. The maximum atomic E-state index is 4.14. The SMILES string of the molecule is CCCCCc1nnc(N=Nc2nnc(CCCCC)s2)s1. The molecule has 6 nitrogen and oxygen atoms in total. The van der Waals surface area contributed by atoms with E-state index in [-0.39, 0.29) is 0 Å². The molecule has 0 aliphatic heterocycles. The van der Waals surface area contributed by atoms with Gasteiger partial charge in [-0.25, -0.2) is 0 Å². The third-order valence-electron chi connectivity index (χ3n) is 3.12. The number of aryl methyl sites for hydroxylation is 2. The number of azo groups is 1. The number of nitrogens with zero attached hydrogens (tertiary/aromatic N) is 6. The number of hydrogen-bond donors (Lipinski definition) is 0. The molecule has 0 aliphatic rings. The summed E-state index contributed by atoms with van der Waals surface area (Å²) in [7, 11) is 0. The van der Waals surface area contributed by atoms with Gasteiger partial charge in [0.1, 0.15) is 10.0 Å². The molecule has 2 aromatic heterocycles. The fraction of sp³-hybridized carbons (Fsp3) is 0.714. The van der Waals surface area contributed by atoms with Crippen LogP contribution in [-0.2, 0) is 12.8 Å². The van der Waals surface area contributed by atoms with E-state index in [1.165, 1.54) is 48.4 Å². The molecule has 2 aromatic rings. The Morgan fingerprint density at radius 1 is 0.682 bits per heavy atom. The monoisotopic (exact) mass is 338 g/mol. The van der Waals surface area contributed by atoms with Gasteiger partial charge in [-0.3, -0.25) is 0 Å². The van der Waals surface area contributed by atoms with Crippen LogP contribution in [0.4, 0.5) is 10.3 Å². The first kappa shape index (κ1) is 17.1. The zero-order valence-corrected chi connectivity index (χ0v) is 14.8. The highest BCUT2D eigenvalue weighted by Crippen LogP contribution is 2.25. The zero-order valence-electron chi connectivity index (χ0n) is 13.2. The van der Waals surface area contributed by atoms with Gasteiger partial charge in [0.05, 0.1) is 0 Å². The van der Waals surface area contributed by atoms with Crippen LogP contribution in [0.1, 0.15) is 62.4 Å². The van der Waals surface area contributed by atoms with E-state index in [9.17, 15) is 0 Å². The van der Waals surface area contributed by atoms with Crippen LogP contribution in [0.3, 0.4) is 0 Å². The molecule has 0 unspecified atom stereocenters. The number of unbranched alkanes of at least 4 members (excludes halogenated alkanes) is 4. The molecule has 0 N–H and O–H groups in total. The first-order valence-electron chi connectivity index (χ1n) is 7.88. The summed E-state index contributed by atoms with van der Waals surface area (Å²) in [5.74, 6) is 0. The molecule has 0 atom stereocenters. The van der Waals surface area contributed by atoms with E-state index in [2.05, 4.69) is 44.5 Å². The number of aromatic nitrogens is 4. The predicted octanol–water partition coefficient (Wildman–Crippen LogP) is 5.27. The van der Waals surface area contributed by atoms with Crippen LogP contribution in [-0.4, -0.2) is 20.4 Å². The fourth-order valence-electron chi connectivity index (χ4n) is 1.91. The van der Waals surface area contributed by atoms with Gasteiger partial charge in [-0.15, -0.1) is 30.6 Å². The van der Waals surface area contributed by atoms with Gasteiger partial charge in [0.15, 0.2) is 0 Å². The van der Waals surface area contributed by atoms with E-state index in [0.29, 0.717) is 10.3 Å². The second kappa shape index (κ2) is 9.68. The van der Waals surface area contributed by atoms with Gasteiger partial charge in [0.2, 0.25) is 0 Å². The Morgan fingerprint density at radius 2 is 1.14 bits per heavy atom. The molecule has 0 saturated heterocycles. The first-order valence-corrected chi connectivity index (χ1v) is 9.51. The second-order valence-electron chi connectivity index (χ2n) is 5.07. The lowest BCUT2D eigenvalue weighted by Gasteiger charge is -1.91. The van der Waals surface area contributed by atoms with Crippen molar-refractivity contribution in [2.45, 2.75) is 65.2 Å². The van der Waals surface area contributed by atoms with Gasteiger partial charge in [0.25, 0.3) is 10.3 Å². The van der Waals surface area contributed by atoms with Crippen LogP contribution in [0.5, 0.6) is 0 Å². The molecular weight excluding hydrogens is 316 g/mol. The smallest absolute Gasteiger partial charge is 0.141 e. The van der Waals surface area contributed by atoms with Gasteiger partial charge in [-0.05, 0) is 12.8 Å². The first-order chi connectivity index (χ1) is 10.8. The quantitative estimate of drug-likeness (QED) is 0.437. The lowest BCUT2D eigenvalue weighted by Crippen LogP contribution is -1.83. The van der Waals surface area contributed by atoms with Crippen molar-refractivity contribution in [2.24, 2.45) is 10.2 Å². The van der Waals surface area contributed by atoms with Gasteiger partial charge in [-0.2, -0.15) is 0 Å². The average Bonchev–Trinajstić information content (AvgIpc) is 3.15. The summed E-state index contributed by atoms with van der Waals surface area (Å²) in [5.41, 5.74) is 0. The molecular formula is C14H22N6S2. The summed E-state index contributed by atoms with van der Waals surface area (Å²) in [6.07, 6.45) is 9.12. The van der Waals surface area contributed by atoms with Crippen molar-refractivity contribution in [1.29, 1.82) is 0 Å². The van der Waals surface area contributed by atoms with E-state index < -0.39 is 0 Å². The summed E-state index contributed by atoms with van der Waals surface area (Å²) < 4.78 is 0. The van der Waals surface area contributed by atoms with Crippen LogP contribution in [0.25, 0.3) is 0 Å². The maximum Gasteiger partial charge on any atom is 0.251 e. The van der Waals surface area contributed by atoms with E-state index in [0.717, 1.165) is 35.7 Å². The van der Waals surface area contributed by atoms with E-state index in [1.54, 1.807) is 0 Å². The van der Waals surface area contributed by atoms with Gasteiger partial charge in [-0.1, -0.05) is 62.2 Å². The lowest BCUT2D eigenvalue weighted by atomic mass is 10.2. The van der Waals surface area contributed by atoms with E-state index in [4.69, 9.17) is 0 Å². The Bertz CT molecular complexity index is 527. The Kier molecular flexibility index (Phi) is 7.51. The maximum absolute atomic E-state index is 4.14. The van der Waals surface area contributed by atoms with Crippen LogP contribution in [0.15, 0.2) is 10.2 Å². The molecule has 0 saturated carbocycles. The highest BCUT2D eigenvalue weighted by atomic mass is 32.1. The standard InChI is InChI=1S/C14H22N6S2/c1-3-5-7-9-11-15-17-13(21-11)19-20-14-18-16-12(22-14)10-8-6-4-2/h3-10H2,1-2H3. The molecule has 0 radical (unpaired) electrons. The van der Waals surface area contributed by atoms with Gasteiger partial charge >= 0.3 is 0 Å². The summed E-state index contributed by atoms with van der Waals surface area (Å²) in [5, 5.41) is 27.8. The van der Waals surface area contributed by atoms with Crippen molar-refractivity contribution < 1.29 is 0 Å². The minimum absolute atomic E-state index is 0.592. The third kappa shape index (κ3) is 5.84. The van der Waals surface area contributed by atoms with E-state index in [1.807, 2.05) is 0 Å². The fourth-order valence-corrected chi connectivity index (χ4v) is 3.31. The normalized spacial score (nSPS) is 11.5. The van der Waals surface area contributed by atoms with Crippen molar-refractivity contribution in [2.75, 3.05) is 0 Å². The van der Waals surface area contributed by atoms with E-state index >= 15 is 0 Å². The largest absolute Gasteiger partial charge is 0.251 e. The van der Waals surface area contributed by atoms with Crippen LogP contribution >= 0.6 is 22.7 Å². The summed E-state index contributed by atoms with van der Waals surface area (Å²) in [6.45, 7) is 4.39. The minimum Gasteiger partial charge on any atom is -0.141 e. The topological polar surface area (TPSA) is 76.3 Å². The molecule has 0 spiro atoms. The third-order valence-corrected chi connectivity index (χ3v) is 4.86. The Balaban J connectivity index is 1.83. The van der Waals surface area contributed by atoms with Crippen molar-refractivity contribution in [1.82, 2.24) is 20.4 Å². The van der Waals surface area contributed by atoms with Gasteiger partial charge in [0, 0.05) is 12.8 Å². The molecule has 22 heavy (non-hydrogen) atoms. The summed E-state index contributed by atoms with van der Waals surface area (Å²) >= 11 is 3.00. The molecule has 0 amide bonds. The minimum atomic E-state index is 0.592. The van der Waals surface area contributed by atoms with Crippen LogP contribution in [0, 0.1) is 0 Å². The zero-order chi connectivity index (χ0) is 15.6. The molecule has 2 heterocycles. The Hall–Kier alpha value is -1.28. The molecule has 120 valence electrons. The predicted molar refractivity (Wildman–Crippen MR) is 90.5 cm³/mol. The highest BCUT2D eigenvalue weighted by molar-refractivity contribution is 7.15. The van der Waals surface area contributed by atoms with Crippen LogP contribution < -0.4 is 0 Å². The van der Waals surface area contributed by atoms with Crippen LogP contribution in [0.2, 0.25) is 0 Å². The van der Waals surface area contributed by atoms with Gasteiger partial charge < -0.3 is 0 Å². The Labute approximate surface area is 139 Å². The Morgan fingerprint density at radius 3 is 1.55 bits per heavy atom. The highest BCUT2D eigenvalue weighted by Gasteiger charge is 2.05. The lowest BCUT2D eigenvalue weighted by molar-refractivity contribution is 0.710. The molecule has 0 bridgehead atoms. The molecule has 8 heteroatoms. The average molecular weight is 339 g/mol. The summed E-state index contributed by atoms with van der Waals surface area (Å²) in [6, 6.07) is 0. The number of rotatable bonds is 10.